The monoisotopic (exact) mass is 648 g/mol. The van der Waals surface area contributed by atoms with Crippen molar-refractivity contribution in [1.82, 2.24) is 0 Å². The first-order valence-electron chi connectivity index (χ1n) is 12.7. The summed E-state index contributed by atoms with van der Waals surface area (Å²) in [5, 5.41) is 78.3. The standard InChI is InChI=1S/C14H14N4O4.C14H13N3O4.Co/c1-2-15-9-3-5-11(13(19)7-9)16-17-12-6-4-10(18(21)22)8-14(12)20;1-2-9-3-5-11(13(18)7-9)15-16-12-6-4-10(17(20)21)8-14(12)19;/h3-8,15,19-20H,2H2,1H3;3-8,18-19H,2H2,1H3;. The van der Waals surface area contributed by atoms with Crippen molar-refractivity contribution in [3.05, 3.63) is 98.6 Å². The van der Waals surface area contributed by atoms with Crippen LogP contribution in [0.3, 0.4) is 0 Å². The number of rotatable bonds is 9. The topological polar surface area (TPSA) is 229 Å². The van der Waals surface area contributed by atoms with E-state index in [0.29, 0.717) is 0 Å². The first kappa shape index (κ1) is 34.6. The summed E-state index contributed by atoms with van der Waals surface area (Å²) in [4.78, 5) is 19.9. The summed E-state index contributed by atoms with van der Waals surface area (Å²) in [5.41, 5.74) is 1.86. The molecular weight excluding hydrogens is 621 g/mol. The molecule has 4 aromatic carbocycles. The van der Waals surface area contributed by atoms with Gasteiger partial charge in [-0.25, -0.2) is 0 Å². The van der Waals surface area contributed by atoms with Crippen molar-refractivity contribution in [2.75, 3.05) is 11.9 Å². The normalized spacial score (nSPS) is 10.6. The summed E-state index contributed by atoms with van der Waals surface area (Å²) in [5.74, 6) is -0.789. The van der Waals surface area contributed by atoms with Gasteiger partial charge in [-0.1, -0.05) is 13.0 Å². The van der Waals surface area contributed by atoms with Crippen molar-refractivity contribution in [1.29, 1.82) is 0 Å². The summed E-state index contributed by atoms with van der Waals surface area (Å²) in [6.07, 6.45) is 0.786. The van der Waals surface area contributed by atoms with Gasteiger partial charge < -0.3 is 25.7 Å². The Bertz CT molecular complexity index is 1700. The minimum absolute atomic E-state index is 0. The molecule has 16 heteroatoms. The van der Waals surface area contributed by atoms with E-state index in [4.69, 9.17) is 0 Å². The fourth-order valence-corrected chi connectivity index (χ4v) is 3.43. The largest absolute Gasteiger partial charge is 0.506 e. The van der Waals surface area contributed by atoms with Gasteiger partial charge in [-0.15, -0.1) is 20.5 Å². The van der Waals surface area contributed by atoms with E-state index in [0.717, 1.165) is 36.3 Å². The van der Waals surface area contributed by atoms with Gasteiger partial charge in [0.05, 0.1) is 22.0 Å². The Kier molecular flexibility index (Phi) is 12.7. The number of nitro groups is 2. The fraction of sp³-hybridized carbons (Fsp3) is 0.143. The number of phenols is 4. The molecule has 0 heterocycles. The van der Waals surface area contributed by atoms with Crippen molar-refractivity contribution in [2.45, 2.75) is 20.3 Å². The van der Waals surface area contributed by atoms with Gasteiger partial charge in [-0.3, -0.25) is 20.2 Å². The van der Waals surface area contributed by atoms with Crippen LogP contribution in [0.25, 0.3) is 0 Å². The summed E-state index contributed by atoms with van der Waals surface area (Å²) < 4.78 is 0. The summed E-state index contributed by atoms with van der Waals surface area (Å²) in [6.45, 7) is 4.61. The van der Waals surface area contributed by atoms with E-state index >= 15 is 0 Å². The number of benzene rings is 4. The smallest absolute Gasteiger partial charge is 0.273 e. The molecule has 0 saturated carbocycles. The zero-order chi connectivity index (χ0) is 31.5. The molecule has 0 fully saturated rings. The van der Waals surface area contributed by atoms with Crippen LogP contribution in [0.4, 0.5) is 39.8 Å². The molecule has 15 nitrogen and oxygen atoms in total. The molecule has 0 unspecified atom stereocenters. The molecule has 0 aliphatic rings. The van der Waals surface area contributed by atoms with Crippen molar-refractivity contribution >= 4 is 39.8 Å². The van der Waals surface area contributed by atoms with Gasteiger partial charge in [0.1, 0.15) is 45.7 Å². The Labute approximate surface area is 260 Å². The zero-order valence-electron chi connectivity index (χ0n) is 23.3. The average Bonchev–Trinajstić information content (AvgIpc) is 2.97. The van der Waals surface area contributed by atoms with Gasteiger partial charge in [0.2, 0.25) is 0 Å². The third kappa shape index (κ3) is 9.46. The number of nitro benzene ring substituents is 2. The van der Waals surface area contributed by atoms with E-state index in [1.165, 1.54) is 30.3 Å². The number of aromatic hydroxyl groups is 4. The van der Waals surface area contributed by atoms with E-state index < -0.39 is 9.85 Å². The maximum absolute atomic E-state index is 10.6. The van der Waals surface area contributed by atoms with Gasteiger partial charge in [-0.05, 0) is 55.3 Å². The molecule has 0 aliphatic carbocycles. The molecule has 231 valence electrons. The SMILES string of the molecule is CCNc1ccc(N=Nc2ccc([N+](=O)[O-])cc2O)c(O)c1.CCc1ccc(N=Nc2ccc([N+](=O)[O-])cc2O)c(O)c1.[Co]. The zero-order valence-corrected chi connectivity index (χ0v) is 24.3. The van der Waals surface area contributed by atoms with E-state index in [1.807, 2.05) is 19.9 Å². The minimum atomic E-state index is -0.619. The van der Waals surface area contributed by atoms with Crippen LogP contribution in [0, 0.1) is 20.2 Å². The number of aryl methyl sites for hydroxylation is 1. The quantitative estimate of drug-likeness (QED) is 0.0675. The number of nitrogens with zero attached hydrogens (tertiary/aromatic N) is 6. The molecule has 4 aromatic rings. The second kappa shape index (κ2) is 16.1. The fourth-order valence-electron chi connectivity index (χ4n) is 3.43. The first-order valence-corrected chi connectivity index (χ1v) is 12.7. The third-order valence-corrected chi connectivity index (χ3v) is 5.67. The first-order chi connectivity index (χ1) is 20.5. The summed E-state index contributed by atoms with van der Waals surface area (Å²) in [6, 6.07) is 16.8. The summed E-state index contributed by atoms with van der Waals surface area (Å²) >= 11 is 0. The van der Waals surface area contributed by atoms with Crippen molar-refractivity contribution in [3.63, 3.8) is 0 Å². The van der Waals surface area contributed by atoms with E-state index in [2.05, 4.69) is 25.8 Å². The second-order valence-electron chi connectivity index (χ2n) is 8.67. The van der Waals surface area contributed by atoms with E-state index in [1.54, 1.807) is 24.3 Å². The van der Waals surface area contributed by atoms with Gasteiger partial charge in [0, 0.05) is 47.2 Å². The molecule has 0 saturated heterocycles. The van der Waals surface area contributed by atoms with Crippen molar-refractivity contribution < 1.29 is 47.1 Å². The molecule has 0 spiro atoms. The van der Waals surface area contributed by atoms with Gasteiger partial charge >= 0.3 is 0 Å². The van der Waals surface area contributed by atoms with Crippen LogP contribution in [0.5, 0.6) is 23.0 Å². The number of nitrogens with one attached hydrogen (secondary N) is 1. The number of azo groups is 2. The van der Waals surface area contributed by atoms with Gasteiger partial charge in [0.15, 0.2) is 0 Å². The Morgan fingerprint density at radius 2 is 1.00 bits per heavy atom. The Morgan fingerprint density at radius 1 is 0.614 bits per heavy atom. The molecule has 4 rings (SSSR count). The van der Waals surface area contributed by atoms with Crippen molar-refractivity contribution in [3.8, 4) is 23.0 Å². The molecule has 44 heavy (non-hydrogen) atoms. The number of hydrogen-bond donors (Lipinski definition) is 5. The molecule has 0 atom stereocenters. The van der Waals surface area contributed by atoms with Crippen LogP contribution < -0.4 is 5.32 Å². The molecular formula is C28H27CoN7O8. The molecule has 0 aromatic heterocycles. The van der Waals surface area contributed by atoms with Crippen molar-refractivity contribution in [2.24, 2.45) is 20.5 Å². The molecule has 0 amide bonds. The Balaban J connectivity index is 0.000000300. The maximum Gasteiger partial charge on any atom is 0.273 e. The van der Waals surface area contributed by atoms with Gasteiger partial charge in [-0.2, -0.15) is 0 Å². The predicted molar refractivity (Wildman–Crippen MR) is 158 cm³/mol. The summed E-state index contributed by atoms with van der Waals surface area (Å²) in [7, 11) is 0. The number of anilines is 1. The minimum Gasteiger partial charge on any atom is -0.506 e. The molecule has 1 radical (unpaired) electrons. The van der Waals surface area contributed by atoms with Gasteiger partial charge in [0.25, 0.3) is 11.4 Å². The van der Waals surface area contributed by atoms with Crippen LogP contribution in [0.2, 0.25) is 0 Å². The second-order valence-corrected chi connectivity index (χ2v) is 8.67. The number of phenolic OH excluding ortho intramolecular Hbond substituents is 4. The third-order valence-electron chi connectivity index (χ3n) is 5.67. The molecule has 5 N–H and O–H groups in total. The van der Waals surface area contributed by atoms with E-state index in [9.17, 15) is 40.7 Å². The molecule has 0 aliphatic heterocycles. The number of non-ortho nitro benzene ring substituents is 2. The van der Waals surface area contributed by atoms with Crippen LogP contribution in [-0.4, -0.2) is 36.8 Å². The predicted octanol–water partition coefficient (Wildman–Crippen LogP) is 7.83. The maximum atomic E-state index is 10.6. The average molecular weight is 648 g/mol. The van der Waals surface area contributed by atoms with Crippen LogP contribution in [-0.2, 0) is 23.2 Å². The Hall–Kier alpha value is -5.61. The van der Waals surface area contributed by atoms with Crippen LogP contribution in [0.1, 0.15) is 19.4 Å². The molecule has 0 bridgehead atoms. The van der Waals surface area contributed by atoms with E-state index in [-0.39, 0.29) is 73.9 Å². The Morgan fingerprint density at radius 3 is 1.34 bits per heavy atom. The van der Waals surface area contributed by atoms with Crippen LogP contribution in [0.15, 0.2) is 93.3 Å². The van der Waals surface area contributed by atoms with Crippen LogP contribution >= 0.6 is 0 Å². The number of hydrogen-bond acceptors (Lipinski definition) is 13.